The van der Waals surface area contributed by atoms with Crippen molar-refractivity contribution < 1.29 is 13.5 Å². The summed E-state index contributed by atoms with van der Waals surface area (Å²) in [5.41, 5.74) is 0. The van der Waals surface area contributed by atoms with Crippen molar-refractivity contribution in [2.75, 3.05) is 5.75 Å². The zero-order chi connectivity index (χ0) is 10.4. The molecule has 13 heavy (non-hydrogen) atoms. The minimum Gasteiger partial charge on any atom is -0.393 e. The highest BCUT2D eigenvalue weighted by molar-refractivity contribution is 7.72. The van der Waals surface area contributed by atoms with Gasteiger partial charge in [-0.1, -0.05) is 20.3 Å². The van der Waals surface area contributed by atoms with Crippen molar-refractivity contribution in [3.05, 3.63) is 0 Å². The summed E-state index contributed by atoms with van der Waals surface area (Å²) in [5, 5.41) is 9.34. The fourth-order valence-corrected chi connectivity index (χ4v) is 2.14. The summed E-state index contributed by atoms with van der Waals surface area (Å²) in [7, 11) is -2.37. The fraction of sp³-hybridized carbons (Fsp3) is 1.00. The third kappa shape index (κ3) is 6.05. The molecule has 0 aromatic carbocycles. The maximum atomic E-state index is 10.5. The summed E-state index contributed by atoms with van der Waals surface area (Å²) in [6.45, 7) is 5.81. The fourth-order valence-electron chi connectivity index (χ4n) is 1.30. The summed E-state index contributed by atoms with van der Waals surface area (Å²) in [6, 6.07) is 0. The Morgan fingerprint density at radius 3 is 2.15 bits per heavy atom. The first-order valence-corrected chi connectivity index (χ1v) is 6.13. The van der Waals surface area contributed by atoms with Gasteiger partial charge in [-0.3, -0.25) is 0 Å². The average Bonchev–Trinajstić information content (AvgIpc) is 2.02. The molecule has 3 nitrogen and oxygen atoms in total. The van der Waals surface area contributed by atoms with E-state index < -0.39 is 16.8 Å². The first kappa shape index (κ1) is 12.9. The minimum atomic E-state index is -2.37. The third-order valence-electron chi connectivity index (χ3n) is 2.47. The third-order valence-corrected chi connectivity index (χ3v) is 3.24. The molecule has 80 valence electrons. The molecule has 0 spiro atoms. The van der Waals surface area contributed by atoms with E-state index >= 15 is 0 Å². The maximum absolute atomic E-state index is 10.5. The van der Waals surface area contributed by atoms with Crippen LogP contribution in [0, 0.1) is 11.8 Å². The number of hydrogen-bond acceptors (Lipinski definition) is 3. The highest BCUT2D eigenvalue weighted by Crippen LogP contribution is 2.18. The van der Waals surface area contributed by atoms with E-state index in [0.29, 0.717) is 5.92 Å². The van der Waals surface area contributed by atoms with Crippen molar-refractivity contribution in [3.63, 3.8) is 0 Å². The van der Waals surface area contributed by atoms with Crippen LogP contribution in [0.5, 0.6) is 0 Å². The van der Waals surface area contributed by atoms with Crippen LogP contribution in [0.4, 0.5) is 0 Å². The molecular weight excluding hydrogens is 188 g/mol. The van der Waals surface area contributed by atoms with Gasteiger partial charge >= 0.3 is 0 Å². The van der Waals surface area contributed by atoms with Gasteiger partial charge in [-0.2, -0.15) is 0 Å². The van der Waals surface area contributed by atoms with Gasteiger partial charge in [0.05, 0.1) is 11.9 Å². The number of aliphatic hydroxyl groups excluding tert-OH is 1. The lowest BCUT2D eigenvalue weighted by Gasteiger charge is -2.20. The molecule has 0 saturated carbocycles. The van der Waals surface area contributed by atoms with Crippen LogP contribution in [0.1, 0.15) is 33.6 Å². The Kier molecular flexibility index (Phi) is 6.33. The van der Waals surface area contributed by atoms with Gasteiger partial charge in [0.15, 0.2) is 0 Å². The van der Waals surface area contributed by atoms with Crippen LogP contribution in [-0.4, -0.2) is 25.4 Å². The van der Waals surface area contributed by atoms with Crippen LogP contribution in [0.15, 0.2) is 0 Å². The molecule has 0 aliphatic heterocycles. The lowest BCUT2D eigenvalue weighted by molar-refractivity contribution is 0.122. The van der Waals surface area contributed by atoms with Crippen LogP contribution in [0.3, 0.4) is 0 Å². The van der Waals surface area contributed by atoms with Crippen LogP contribution in [-0.2, 0) is 10.7 Å². The SMILES string of the molecule is CCC(C)CC(C[SH](=O)=O)C(C)O. The summed E-state index contributed by atoms with van der Waals surface area (Å²) in [4.78, 5) is 0. The van der Waals surface area contributed by atoms with E-state index in [1.54, 1.807) is 6.92 Å². The molecule has 0 saturated heterocycles. The summed E-state index contributed by atoms with van der Waals surface area (Å²) in [5.74, 6) is 0.489. The quantitative estimate of drug-likeness (QED) is 0.641. The van der Waals surface area contributed by atoms with Crippen molar-refractivity contribution in [1.29, 1.82) is 0 Å². The van der Waals surface area contributed by atoms with Crippen molar-refractivity contribution in [2.24, 2.45) is 11.8 Å². The molecule has 0 heterocycles. The largest absolute Gasteiger partial charge is 0.393 e. The molecule has 0 bridgehead atoms. The lowest BCUT2D eigenvalue weighted by atomic mass is 9.92. The van der Waals surface area contributed by atoms with Crippen molar-refractivity contribution in [1.82, 2.24) is 0 Å². The van der Waals surface area contributed by atoms with E-state index in [-0.39, 0.29) is 11.7 Å². The van der Waals surface area contributed by atoms with E-state index in [1.807, 2.05) is 0 Å². The molecule has 1 N–H and O–H groups in total. The molecule has 0 aromatic rings. The molecule has 0 radical (unpaired) electrons. The van der Waals surface area contributed by atoms with Gasteiger partial charge in [-0.05, 0) is 25.2 Å². The molecule has 0 amide bonds. The Morgan fingerprint density at radius 2 is 1.85 bits per heavy atom. The normalized spacial score (nSPS) is 18.5. The molecule has 4 heteroatoms. The van der Waals surface area contributed by atoms with E-state index in [4.69, 9.17) is 0 Å². The van der Waals surface area contributed by atoms with E-state index in [1.165, 1.54) is 0 Å². The second-order valence-electron chi connectivity index (χ2n) is 3.77. The van der Waals surface area contributed by atoms with Gasteiger partial charge in [0.2, 0.25) is 0 Å². The summed E-state index contributed by atoms with van der Waals surface area (Å²) >= 11 is 0. The molecule has 0 rings (SSSR count). The van der Waals surface area contributed by atoms with Gasteiger partial charge in [0.25, 0.3) is 0 Å². The first-order valence-electron chi connectivity index (χ1n) is 4.77. The highest BCUT2D eigenvalue weighted by atomic mass is 32.2. The Hall–Kier alpha value is -0.0900. The topological polar surface area (TPSA) is 54.4 Å². The minimum absolute atomic E-state index is 0.101. The number of hydrogen-bond donors (Lipinski definition) is 2. The van der Waals surface area contributed by atoms with Gasteiger partial charge in [-0.15, -0.1) is 0 Å². The zero-order valence-corrected chi connectivity index (χ0v) is 9.46. The molecule has 3 atom stereocenters. The van der Waals surface area contributed by atoms with E-state index in [9.17, 15) is 13.5 Å². The standard InChI is InChI=1S/C9H20O3S/c1-4-7(2)5-9(8(3)10)6-13(11)12/h7-10,13H,4-6H2,1-3H3. The van der Waals surface area contributed by atoms with Crippen molar-refractivity contribution in [3.8, 4) is 0 Å². The molecular formula is C9H20O3S. The maximum Gasteiger partial charge on any atom is 0.140 e. The van der Waals surface area contributed by atoms with Crippen LogP contribution >= 0.6 is 0 Å². The van der Waals surface area contributed by atoms with Crippen LogP contribution < -0.4 is 0 Å². The predicted octanol–water partition coefficient (Wildman–Crippen LogP) is 1.03. The van der Waals surface area contributed by atoms with Crippen molar-refractivity contribution >= 4 is 10.7 Å². The molecule has 0 fully saturated rings. The Balaban J connectivity index is 4.09. The van der Waals surface area contributed by atoms with Gasteiger partial charge < -0.3 is 5.11 Å². The van der Waals surface area contributed by atoms with Gasteiger partial charge in [-0.25, -0.2) is 8.42 Å². The number of rotatable bonds is 6. The van der Waals surface area contributed by atoms with E-state index in [2.05, 4.69) is 13.8 Å². The predicted molar refractivity (Wildman–Crippen MR) is 54.4 cm³/mol. The van der Waals surface area contributed by atoms with Crippen LogP contribution in [0.25, 0.3) is 0 Å². The second kappa shape index (κ2) is 6.38. The monoisotopic (exact) mass is 208 g/mol. The van der Waals surface area contributed by atoms with Gasteiger partial charge in [0, 0.05) is 0 Å². The molecule has 0 aliphatic carbocycles. The Bertz CT molecular complexity index is 191. The van der Waals surface area contributed by atoms with E-state index in [0.717, 1.165) is 12.8 Å². The van der Waals surface area contributed by atoms with Gasteiger partial charge in [0.1, 0.15) is 10.7 Å². The molecule has 3 unspecified atom stereocenters. The Labute approximate surface area is 82.1 Å². The number of thiol groups is 1. The summed E-state index contributed by atoms with van der Waals surface area (Å²) < 4.78 is 21.0. The lowest BCUT2D eigenvalue weighted by Crippen LogP contribution is -2.23. The average molecular weight is 208 g/mol. The van der Waals surface area contributed by atoms with Crippen molar-refractivity contribution in [2.45, 2.75) is 39.7 Å². The summed E-state index contributed by atoms with van der Waals surface area (Å²) in [6.07, 6.45) is 1.29. The highest BCUT2D eigenvalue weighted by Gasteiger charge is 2.18. The number of aliphatic hydroxyl groups is 1. The smallest absolute Gasteiger partial charge is 0.140 e. The molecule has 0 aromatic heterocycles. The Morgan fingerprint density at radius 1 is 1.31 bits per heavy atom. The first-order chi connectivity index (χ1) is 5.97. The molecule has 0 aliphatic rings. The second-order valence-corrected chi connectivity index (χ2v) is 4.80. The van der Waals surface area contributed by atoms with Crippen LogP contribution in [0.2, 0.25) is 0 Å². The zero-order valence-electron chi connectivity index (χ0n) is 8.56.